The van der Waals surface area contributed by atoms with Crippen LogP contribution in [0.2, 0.25) is 0 Å². The molecule has 2 heterocycles. The Bertz CT molecular complexity index is 837. The van der Waals surface area contributed by atoms with E-state index in [0.29, 0.717) is 31.5 Å². The van der Waals surface area contributed by atoms with E-state index in [9.17, 15) is 13.2 Å². The van der Waals surface area contributed by atoms with E-state index in [2.05, 4.69) is 46.3 Å². The molecule has 1 aliphatic carbocycles. The molecule has 2 aliphatic rings. The van der Waals surface area contributed by atoms with Gasteiger partial charge in [-0.15, -0.1) is 10.2 Å². The number of benzene rings is 1. The zero-order chi connectivity index (χ0) is 19.9. The van der Waals surface area contributed by atoms with Gasteiger partial charge in [-0.1, -0.05) is 29.8 Å². The highest BCUT2D eigenvalue weighted by Crippen LogP contribution is 2.41. The molecule has 2 N–H and O–H groups in total. The fourth-order valence-electron chi connectivity index (χ4n) is 4.80. The van der Waals surface area contributed by atoms with E-state index < -0.39 is 12.0 Å². The third kappa shape index (κ3) is 3.43. The van der Waals surface area contributed by atoms with Gasteiger partial charge in [0.2, 0.25) is 5.82 Å². The molecule has 0 amide bonds. The molecule has 8 heteroatoms. The molecule has 152 valence electrons. The van der Waals surface area contributed by atoms with Crippen LogP contribution >= 0.6 is 0 Å². The van der Waals surface area contributed by atoms with Crippen LogP contribution in [0.15, 0.2) is 24.3 Å². The van der Waals surface area contributed by atoms with Crippen molar-refractivity contribution >= 4 is 0 Å². The number of nitrogens with two attached hydrogens (primary N) is 1. The van der Waals surface area contributed by atoms with Crippen LogP contribution in [0.25, 0.3) is 0 Å². The Kier molecular flexibility index (Phi) is 4.95. The number of rotatable bonds is 3. The van der Waals surface area contributed by atoms with Crippen molar-refractivity contribution in [2.45, 2.75) is 63.3 Å². The molecule has 0 saturated heterocycles. The monoisotopic (exact) mass is 393 g/mol. The lowest BCUT2D eigenvalue weighted by Gasteiger charge is -2.44. The Morgan fingerprint density at radius 1 is 1.18 bits per heavy atom. The van der Waals surface area contributed by atoms with E-state index in [0.717, 1.165) is 25.7 Å². The highest BCUT2D eigenvalue weighted by atomic mass is 19.4. The molecule has 28 heavy (non-hydrogen) atoms. The predicted octanol–water partition coefficient (Wildman–Crippen LogP) is 3.26. The standard InChI is InChI=1S/C20H26F3N5/c1-14-3-2-4-15(11-14)19(13-24)7-5-16(6-8-19)27-9-10-28-17(12-27)25-26-18(28)20(21,22)23/h2-4,11,16H,5-10,12-13,24H2,1H3/t16-,19+. The lowest BCUT2D eigenvalue weighted by molar-refractivity contribution is -0.148. The maximum absolute atomic E-state index is 13.0. The molecule has 4 rings (SSSR count). The molecule has 1 saturated carbocycles. The molecule has 5 nitrogen and oxygen atoms in total. The number of aryl methyl sites for hydroxylation is 1. The summed E-state index contributed by atoms with van der Waals surface area (Å²) in [5, 5.41) is 7.18. The molecular formula is C20H26F3N5. The minimum atomic E-state index is -4.45. The van der Waals surface area contributed by atoms with Crippen LogP contribution in [0.1, 0.15) is 48.5 Å². The van der Waals surface area contributed by atoms with Crippen molar-refractivity contribution in [3.05, 3.63) is 47.0 Å². The third-order valence-corrected chi connectivity index (χ3v) is 6.49. The number of halogens is 3. The van der Waals surface area contributed by atoms with Crippen LogP contribution in [0.3, 0.4) is 0 Å². The van der Waals surface area contributed by atoms with Crippen LogP contribution in [0, 0.1) is 6.92 Å². The SMILES string of the molecule is Cc1cccc([C@]2(CN)CC[C@H](N3CCn4c(nnc4C(F)(F)F)C3)CC2)c1. The number of hydrogen-bond donors (Lipinski definition) is 1. The highest BCUT2D eigenvalue weighted by Gasteiger charge is 2.41. The molecule has 0 atom stereocenters. The maximum Gasteiger partial charge on any atom is 0.451 e. The van der Waals surface area contributed by atoms with Gasteiger partial charge in [0.15, 0.2) is 0 Å². The maximum atomic E-state index is 13.0. The molecule has 0 unspecified atom stereocenters. The normalized spacial score (nSPS) is 26.2. The van der Waals surface area contributed by atoms with Crippen LogP contribution in [-0.4, -0.2) is 38.8 Å². The van der Waals surface area contributed by atoms with Crippen molar-refractivity contribution in [1.82, 2.24) is 19.7 Å². The number of alkyl halides is 3. The summed E-state index contributed by atoms with van der Waals surface area (Å²) in [6.07, 6.45) is -0.479. The molecule has 0 bridgehead atoms. The summed E-state index contributed by atoms with van der Waals surface area (Å²) in [6, 6.07) is 8.93. The zero-order valence-corrected chi connectivity index (χ0v) is 16.0. The number of fused-ring (bicyclic) bond motifs is 1. The first-order valence-electron chi connectivity index (χ1n) is 9.83. The average Bonchev–Trinajstić information content (AvgIpc) is 3.12. The molecule has 0 spiro atoms. The minimum Gasteiger partial charge on any atom is -0.330 e. The first-order valence-corrected chi connectivity index (χ1v) is 9.83. The number of nitrogens with zero attached hydrogens (tertiary/aromatic N) is 4. The lowest BCUT2D eigenvalue weighted by atomic mass is 9.67. The van der Waals surface area contributed by atoms with E-state index in [4.69, 9.17) is 5.73 Å². The topological polar surface area (TPSA) is 60.0 Å². The lowest BCUT2D eigenvalue weighted by Crippen LogP contribution is -2.47. The second-order valence-corrected chi connectivity index (χ2v) is 8.14. The van der Waals surface area contributed by atoms with Gasteiger partial charge in [-0.2, -0.15) is 13.2 Å². The zero-order valence-electron chi connectivity index (χ0n) is 16.0. The molecule has 1 aromatic carbocycles. The summed E-state index contributed by atoms with van der Waals surface area (Å²) in [6.45, 7) is 4.02. The van der Waals surface area contributed by atoms with Crippen LogP contribution in [-0.2, 0) is 24.7 Å². The summed E-state index contributed by atoms with van der Waals surface area (Å²) in [5.41, 5.74) is 8.76. The predicted molar refractivity (Wildman–Crippen MR) is 99.6 cm³/mol. The molecule has 2 aromatic rings. The summed E-state index contributed by atoms with van der Waals surface area (Å²) in [4.78, 5) is 2.26. The van der Waals surface area contributed by atoms with Crippen LogP contribution in [0.4, 0.5) is 13.2 Å². The van der Waals surface area contributed by atoms with Crippen LogP contribution in [0.5, 0.6) is 0 Å². The van der Waals surface area contributed by atoms with E-state index in [1.807, 2.05) is 0 Å². The number of hydrogen-bond acceptors (Lipinski definition) is 4. The quantitative estimate of drug-likeness (QED) is 0.870. The Morgan fingerprint density at radius 2 is 1.93 bits per heavy atom. The van der Waals surface area contributed by atoms with Gasteiger partial charge in [0.25, 0.3) is 0 Å². The van der Waals surface area contributed by atoms with Crippen molar-refractivity contribution in [3.8, 4) is 0 Å². The molecule has 1 aliphatic heterocycles. The molecule has 1 aromatic heterocycles. The van der Waals surface area contributed by atoms with Gasteiger partial charge in [-0.3, -0.25) is 4.90 Å². The second-order valence-electron chi connectivity index (χ2n) is 8.14. The Hall–Kier alpha value is -1.93. The average molecular weight is 393 g/mol. The van der Waals surface area contributed by atoms with Gasteiger partial charge in [0, 0.05) is 31.1 Å². The van der Waals surface area contributed by atoms with Gasteiger partial charge in [0.1, 0.15) is 5.82 Å². The summed E-state index contributed by atoms with van der Waals surface area (Å²) in [5.74, 6) is -0.472. The van der Waals surface area contributed by atoms with Gasteiger partial charge in [-0.25, -0.2) is 0 Å². The van der Waals surface area contributed by atoms with Crippen LogP contribution < -0.4 is 5.73 Å². The van der Waals surface area contributed by atoms with Crippen molar-refractivity contribution in [3.63, 3.8) is 0 Å². The summed E-state index contributed by atoms with van der Waals surface area (Å²) < 4.78 is 40.3. The summed E-state index contributed by atoms with van der Waals surface area (Å²) in [7, 11) is 0. The Morgan fingerprint density at radius 3 is 2.57 bits per heavy atom. The summed E-state index contributed by atoms with van der Waals surface area (Å²) >= 11 is 0. The van der Waals surface area contributed by atoms with Crippen molar-refractivity contribution < 1.29 is 13.2 Å². The van der Waals surface area contributed by atoms with E-state index in [-0.39, 0.29) is 12.0 Å². The van der Waals surface area contributed by atoms with E-state index in [1.54, 1.807) is 0 Å². The fourth-order valence-corrected chi connectivity index (χ4v) is 4.80. The van der Waals surface area contributed by atoms with Crippen molar-refractivity contribution in [1.29, 1.82) is 0 Å². The highest BCUT2D eigenvalue weighted by molar-refractivity contribution is 5.31. The van der Waals surface area contributed by atoms with Gasteiger partial charge < -0.3 is 10.3 Å². The first kappa shape index (κ1) is 19.4. The first-order chi connectivity index (χ1) is 13.3. The fraction of sp³-hybridized carbons (Fsp3) is 0.600. The van der Waals surface area contributed by atoms with E-state index >= 15 is 0 Å². The Labute approximate surface area is 162 Å². The molecular weight excluding hydrogens is 367 g/mol. The smallest absolute Gasteiger partial charge is 0.330 e. The van der Waals surface area contributed by atoms with E-state index in [1.165, 1.54) is 15.7 Å². The van der Waals surface area contributed by atoms with Gasteiger partial charge in [-0.05, 0) is 38.2 Å². The van der Waals surface area contributed by atoms with Gasteiger partial charge >= 0.3 is 6.18 Å². The second kappa shape index (κ2) is 7.15. The van der Waals surface area contributed by atoms with Crippen molar-refractivity contribution in [2.24, 2.45) is 5.73 Å². The molecule has 1 fully saturated rings. The largest absolute Gasteiger partial charge is 0.451 e. The minimum absolute atomic E-state index is 0.00177. The molecule has 0 radical (unpaired) electrons. The van der Waals surface area contributed by atoms with Gasteiger partial charge in [0.05, 0.1) is 6.54 Å². The van der Waals surface area contributed by atoms with Crippen molar-refractivity contribution in [2.75, 3.05) is 13.1 Å². The number of aromatic nitrogens is 3. The Balaban J connectivity index is 1.45. The third-order valence-electron chi connectivity index (χ3n) is 6.49.